The van der Waals surface area contributed by atoms with Gasteiger partial charge >= 0.3 is 18.0 Å². The number of urea groups is 1. The first-order valence-electron chi connectivity index (χ1n) is 13.7. The molecule has 3 aromatic carbocycles. The topological polar surface area (TPSA) is 130 Å². The van der Waals surface area contributed by atoms with Gasteiger partial charge in [-0.15, -0.1) is 0 Å². The molecule has 0 aromatic heterocycles. The minimum absolute atomic E-state index is 0.205. The number of hydrogen-bond acceptors (Lipinski definition) is 6. The van der Waals surface area contributed by atoms with Gasteiger partial charge in [0.1, 0.15) is 0 Å². The van der Waals surface area contributed by atoms with Crippen molar-refractivity contribution in [2.75, 3.05) is 44.2 Å². The van der Waals surface area contributed by atoms with E-state index in [-0.39, 0.29) is 11.9 Å². The molecule has 0 atom stereocenters. The predicted octanol–water partition coefficient (Wildman–Crippen LogP) is 3.41. The number of amides is 3. The van der Waals surface area contributed by atoms with Gasteiger partial charge in [0.05, 0.1) is 0 Å². The summed E-state index contributed by atoms with van der Waals surface area (Å²) in [7, 11) is 0. The Kier molecular flexibility index (Phi) is 10.1. The Morgan fingerprint density at radius 2 is 1.19 bits per heavy atom. The maximum atomic E-state index is 13.7. The molecule has 0 aliphatic carbocycles. The van der Waals surface area contributed by atoms with Crippen molar-refractivity contribution in [3.05, 3.63) is 114 Å². The molecule has 2 fully saturated rings. The smallest absolute Gasteiger partial charge is 0.328 e. The first kappa shape index (κ1) is 30.0. The number of carboxylic acids is 2. The normalized spacial score (nSPS) is 16.6. The van der Waals surface area contributed by atoms with Crippen LogP contribution in [0.2, 0.25) is 0 Å². The molecule has 3 amide bonds. The lowest BCUT2D eigenvalue weighted by Crippen LogP contribution is -2.47. The van der Waals surface area contributed by atoms with E-state index in [1.54, 1.807) is 0 Å². The molecule has 2 saturated heterocycles. The summed E-state index contributed by atoms with van der Waals surface area (Å²) in [5.74, 6) is -2.72. The number of carbonyl (C=O) groups excluding carboxylic acids is 2. The Morgan fingerprint density at radius 1 is 0.714 bits per heavy atom. The van der Waals surface area contributed by atoms with E-state index in [0.29, 0.717) is 18.7 Å². The Balaban J connectivity index is 0.000000446. The molecule has 0 bridgehead atoms. The molecule has 2 aliphatic rings. The average molecular weight is 571 g/mol. The molecule has 2 heterocycles. The Bertz CT molecular complexity index is 1330. The number of carboxylic acid groups (broad SMARTS) is 2. The Hall–Kier alpha value is -4.96. The van der Waals surface area contributed by atoms with Gasteiger partial charge in [-0.3, -0.25) is 14.6 Å². The summed E-state index contributed by atoms with van der Waals surface area (Å²) in [4.78, 5) is 52.1. The van der Waals surface area contributed by atoms with Crippen molar-refractivity contribution >= 4 is 29.6 Å². The summed E-state index contributed by atoms with van der Waals surface area (Å²) in [6.07, 6.45) is 1.87. The summed E-state index contributed by atoms with van der Waals surface area (Å²) < 4.78 is 0. The van der Waals surface area contributed by atoms with Crippen molar-refractivity contribution in [1.82, 2.24) is 15.1 Å². The van der Waals surface area contributed by atoms with Crippen molar-refractivity contribution in [3.63, 3.8) is 0 Å². The second-order valence-electron chi connectivity index (χ2n) is 9.90. The van der Waals surface area contributed by atoms with Gasteiger partial charge in [-0.1, -0.05) is 78.9 Å². The molecule has 2 aliphatic heterocycles. The number of imide groups is 1. The molecule has 10 nitrogen and oxygen atoms in total. The molecule has 0 unspecified atom stereocenters. The van der Waals surface area contributed by atoms with Gasteiger partial charge in [0.2, 0.25) is 0 Å². The van der Waals surface area contributed by atoms with Crippen molar-refractivity contribution < 1.29 is 29.4 Å². The zero-order chi connectivity index (χ0) is 30.0. The molecule has 0 saturated carbocycles. The molecule has 0 spiro atoms. The molecule has 10 heteroatoms. The van der Waals surface area contributed by atoms with E-state index in [4.69, 9.17) is 10.2 Å². The zero-order valence-electron chi connectivity index (χ0n) is 23.1. The minimum Gasteiger partial charge on any atom is -0.478 e. The van der Waals surface area contributed by atoms with Crippen LogP contribution in [0, 0.1) is 0 Å². The molecule has 5 rings (SSSR count). The van der Waals surface area contributed by atoms with Crippen LogP contribution in [0.15, 0.2) is 103 Å². The summed E-state index contributed by atoms with van der Waals surface area (Å²) in [6.45, 7) is 5.20. The van der Waals surface area contributed by atoms with Crippen LogP contribution in [0.1, 0.15) is 17.5 Å². The highest BCUT2D eigenvalue weighted by molar-refractivity contribution is 6.09. The molecule has 3 N–H and O–H groups in total. The quantitative estimate of drug-likeness (QED) is 0.264. The van der Waals surface area contributed by atoms with Crippen LogP contribution in [0.25, 0.3) is 0 Å². The Morgan fingerprint density at radius 3 is 1.67 bits per heavy atom. The van der Waals surface area contributed by atoms with Gasteiger partial charge in [0.15, 0.2) is 5.54 Å². The fourth-order valence-electron chi connectivity index (χ4n) is 5.18. The highest BCUT2D eigenvalue weighted by atomic mass is 16.4. The van der Waals surface area contributed by atoms with Crippen LogP contribution in [-0.2, 0) is 19.9 Å². The largest absolute Gasteiger partial charge is 0.478 e. The minimum atomic E-state index is -1.26. The number of para-hydroxylation sites is 1. The van der Waals surface area contributed by atoms with Gasteiger partial charge in [0, 0.05) is 50.6 Å². The van der Waals surface area contributed by atoms with Crippen molar-refractivity contribution in [2.45, 2.75) is 12.0 Å². The van der Waals surface area contributed by atoms with Crippen molar-refractivity contribution in [2.24, 2.45) is 0 Å². The number of benzene rings is 3. The predicted molar refractivity (Wildman–Crippen MR) is 158 cm³/mol. The standard InChI is InChI=1S/C28H30N4O2.C4H4O4/c33-26-28(23-11-4-1-5-12-23,24-13-6-2-7-14-24)29-27(34)32(26)18-10-17-30-19-21-31(22-20-30)25-15-8-3-9-16-25;5-3(6)1-2-4(7)8/h1-9,11-16H,10,17-22H2,(H,29,34);1-2H,(H,5,6)(H,7,8)/b;2-1+. The molecule has 42 heavy (non-hydrogen) atoms. The molecule has 0 radical (unpaired) electrons. The molecular formula is C32H34N4O6. The molecule has 218 valence electrons. The highest BCUT2D eigenvalue weighted by Crippen LogP contribution is 2.36. The van der Waals surface area contributed by atoms with E-state index >= 15 is 0 Å². The SMILES string of the molecule is O=C(O)/C=C/C(=O)O.O=C1NC(c2ccccc2)(c2ccccc2)C(=O)N1CCCN1CCN(c2ccccc2)CC1. The van der Waals surface area contributed by atoms with Crippen LogP contribution in [-0.4, -0.2) is 83.2 Å². The maximum absolute atomic E-state index is 13.7. The van der Waals surface area contributed by atoms with E-state index in [0.717, 1.165) is 50.3 Å². The summed E-state index contributed by atoms with van der Waals surface area (Å²) >= 11 is 0. The van der Waals surface area contributed by atoms with E-state index in [2.05, 4.69) is 39.4 Å². The summed E-state index contributed by atoms with van der Waals surface area (Å²) in [5, 5.41) is 18.7. The van der Waals surface area contributed by atoms with Gasteiger partial charge < -0.3 is 20.4 Å². The third kappa shape index (κ3) is 7.21. The van der Waals surface area contributed by atoms with Gasteiger partial charge in [0.25, 0.3) is 5.91 Å². The second-order valence-corrected chi connectivity index (χ2v) is 9.90. The average Bonchev–Trinajstić information content (AvgIpc) is 3.28. The number of hydrogen-bond donors (Lipinski definition) is 3. The summed E-state index contributed by atoms with van der Waals surface area (Å²) in [6, 6.07) is 29.2. The number of aliphatic carboxylic acids is 2. The number of piperazine rings is 1. The number of nitrogens with one attached hydrogen (secondary N) is 1. The van der Waals surface area contributed by atoms with E-state index in [1.807, 2.05) is 66.7 Å². The van der Waals surface area contributed by atoms with Crippen molar-refractivity contribution in [3.8, 4) is 0 Å². The zero-order valence-corrected chi connectivity index (χ0v) is 23.1. The monoisotopic (exact) mass is 570 g/mol. The number of anilines is 1. The van der Waals surface area contributed by atoms with Gasteiger partial charge in [-0.25, -0.2) is 14.4 Å². The van der Waals surface area contributed by atoms with Gasteiger partial charge in [-0.05, 0) is 36.2 Å². The molecule has 3 aromatic rings. The van der Waals surface area contributed by atoms with Crippen LogP contribution < -0.4 is 10.2 Å². The molecular weight excluding hydrogens is 536 g/mol. The van der Waals surface area contributed by atoms with Crippen LogP contribution in [0.3, 0.4) is 0 Å². The lowest BCUT2D eigenvalue weighted by molar-refractivity contribution is -0.134. The number of nitrogens with zero attached hydrogens (tertiary/aromatic N) is 3. The van der Waals surface area contributed by atoms with Crippen LogP contribution in [0.5, 0.6) is 0 Å². The summed E-state index contributed by atoms with van der Waals surface area (Å²) in [5.41, 5.74) is 1.64. The highest BCUT2D eigenvalue weighted by Gasteiger charge is 2.53. The van der Waals surface area contributed by atoms with Gasteiger partial charge in [-0.2, -0.15) is 0 Å². The third-order valence-corrected chi connectivity index (χ3v) is 7.24. The lowest BCUT2D eigenvalue weighted by Gasteiger charge is -2.36. The van der Waals surface area contributed by atoms with Crippen LogP contribution >= 0.6 is 0 Å². The lowest BCUT2D eigenvalue weighted by atomic mass is 9.82. The van der Waals surface area contributed by atoms with E-state index in [1.165, 1.54) is 10.6 Å². The van der Waals surface area contributed by atoms with Crippen molar-refractivity contribution in [1.29, 1.82) is 0 Å². The first-order chi connectivity index (χ1) is 20.3. The number of rotatable bonds is 9. The second kappa shape index (κ2) is 14.1. The van der Waals surface area contributed by atoms with E-state index in [9.17, 15) is 19.2 Å². The number of carbonyl (C=O) groups is 4. The first-order valence-corrected chi connectivity index (χ1v) is 13.7. The van der Waals surface area contributed by atoms with Crippen LogP contribution in [0.4, 0.5) is 10.5 Å². The Labute approximate surface area is 244 Å². The fraction of sp³-hybridized carbons (Fsp3) is 0.250. The maximum Gasteiger partial charge on any atom is 0.328 e. The van der Waals surface area contributed by atoms with E-state index < -0.39 is 17.5 Å². The fourth-order valence-corrected chi connectivity index (χ4v) is 5.18. The third-order valence-electron chi connectivity index (χ3n) is 7.24.